The second-order valence-corrected chi connectivity index (χ2v) is 9.36. The first-order chi connectivity index (χ1) is 16.2. The first-order valence-electron chi connectivity index (χ1n) is 11.3. The van der Waals surface area contributed by atoms with Gasteiger partial charge in [0.2, 0.25) is 0 Å². The van der Waals surface area contributed by atoms with Crippen LogP contribution in [0.25, 0.3) is 5.76 Å². The highest BCUT2D eigenvalue weighted by Crippen LogP contribution is 2.53. The zero-order valence-electron chi connectivity index (χ0n) is 19.7. The van der Waals surface area contributed by atoms with Crippen LogP contribution in [-0.2, 0) is 26.3 Å². The molecule has 2 aromatic carbocycles. The molecule has 1 N–H and O–H groups in total. The lowest BCUT2D eigenvalue weighted by atomic mass is 9.81. The molecule has 2 amide bonds. The van der Waals surface area contributed by atoms with E-state index in [0.29, 0.717) is 29.8 Å². The fraction of sp³-hybridized carbons (Fsp3) is 0.346. The summed E-state index contributed by atoms with van der Waals surface area (Å²) in [7, 11) is 5.33. The summed E-state index contributed by atoms with van der Waals surface area (Å²) in [6.07, 6.45) is 0.683. The van der Waals surface area contributed by atoms with Gasteiger partial charge < -0.3 is 24.5 Å². The number of carbonyl (C=O) groups is 3. The smallest absolute Gasteiger partial charge is 0.296 e. The zero-order chi connectivity index (χ0) is 24.4. The second kappa shape index (κ2) is 7.70. The fourth-order valence-corrected chi connectivity index (χ4v) is 5.28. The van der Waals surface area contributed by atoms with E-state index in [9.17, 15) is 19.5 Å². The molecule has 8 heteroatoms. The standard InChI is InChI=1S/C26H27N3O5/c1-15-13-17-14-16(9-10-20(17)34-15)22(30)21-23(31)24(32)29(12-11-27(2)3)26(21)18-7-5-6-8-19(18)28(4)25(26)33/h5-10,14-15,30H,11-13H2,1-4H3. The number of likely N-dealkylation sites (tertiary alicyclic amines) is 1. The van der Waals surface area contributed by atoms with Crippen LogP contribution in [-0.4, -0.2) is 72.8 Å². The van der Waals surface area contributed by atoms with Gasteiger partial charge in [0.15, 0.2) is 5.54 Å². The van der Waals surface area contributed by atoms with Crippen molar-refractivity contribution in [2.75, 3.05) is 39.1 Å². The van der Waals surface area contributed by atoms with Crippen molar-refractivity contribution >= 4 is 29.0 Å². The molecule has 34 heavy (non-hydrogen) atoms. The van der Waals surface area contributed by atoms with Crippen molar-refractivity contribution < 1.29 is 24.2 Å². The molecule has 1 saturated heterocycles. The van der Waals surface area contributed by atoms with Crippen LogP contribution in [0.2, 0.25) is 0 Å². The van der Waals surface area contributed by atoms with E-state index in [0.717, 1.165) is 11.3 Å². The first kappa shape index (κ1) is 22.2. The van der Waals surface area contributed by atoms with Crippen LogP contribution in [0.1, 0.15) is 23.6 Å². The van der Waals surface area contributed by atoms with Gasteiger partial charge in [0, 0.05) is 43.4 Å². The number of rotatable bonds is 4. The number of hydrogen-bond donors (Lipinski definition) is 1. The Morgan fingerprint density at radius 2 is 1.91 bits per heavy atom. The number of ketones is 1. The Labute approximate surface area is 198 Å². The minimum atomic E-state index is -1.72. The molecule has 0 radical (unpaired) electrons. The molecule has 176 valence electrons. The highest BCUT2D eigenvalue weighted by atomic mass is 16.5. The van der Waals surface area contributed by atoms with E-state index in [1.54, 1.807) is 49.5 Å². The Morgan fingerprint density at radius 3 is 2.65 bits per heavy atom. The molecule has 2 atom stereocenters. The lowest BCUT2D eigenvalue weighted by Gasteiger charge is -2.34. The first-order valence-corrected chi connectivity index (χ1v) is 11.3. The summed E-state index contributed by atoms with van der Waals surface area (Å²) >= 11 is 0. The summed E-state index contributed by atoms with van der Waals surface area (Å²) in [5.74, 6) is -1.72. The normalized spacial score (nSPS) is 24.9. The number of amides is 2. The van der Waals surface area contributed by atoms with E-state index >= 15 is 0 Å². The van der Waals surface area contributed by atoms with E-state index in [1.807, 2.05) is 25.9 Å². The molecule has 1 spiro atoms. The molecule has 3 aliphatic heterocycles. The van der Waals surface area contributed by atoms with Crippen molar-refractivity contribution in [3.8, 4) is 5.75 Å². The molecule has 3 heterocycles. The van der Waals surface area contributed by atoms with Gasteiger partial charge in [-0.25, -0.2) is 0 Å². The van der Waals surface area contributed by atoms with Gasteiger partial charge in [0.05, 0.1) is 5.57 Å². The summed E-state index contributed by atoms with van der Waals surface area (Å²) in [6.45, 7) is 2.55. The van der Waals surface area contributed by atoms with Crippen LogP contribution >= 0.6 is 0 Å². The number of benzene rings is 2. The molecule has 2 unspecified atom stereocenters. The molecule has 8 nitrogen and oxygen atoms in total. The lowest BCUT2D eigenvalue weighted by molar-refractivity contribution is -0.143. The van der Waals surface area contributed by atoms with Gasteiger partial charge in [-0.1, -0.05) is 18.2 Å². The van der Waals surface area contributed by atoms with Crippen LogP contribution in [0.4, 0.5) is 5.69 Å². The third kappa shape index (κ3) is 2.91. The van der Waals surface area contributed by atoms with Crippen molar-refractivity contribution in [2.45, 2.75) is 25.0 Å². The van der Waals surface area contributed by atoms with Gasteiger partial charge in [-0.3, -0.25) is 14.4 Å². The molecule has 0 saturated carbocycles. The van der Waals surface area contributed by atoms with Crippen LogP contribution in [0.3, 0.4) is 0 Å². The maximum absolute atomic E-state index is 13.9. The Bertz CT molecular complexity index is 1270. The monoisotopic (exact) mass is 461 g/mol. The van der Waals surface area contributed by atoms with E-state index in [4.69, 9.17) is 4.74 Å². The van der Waals surface area contributed by atoms with Crippen molar-refractivity contribution in [2.24, 2.45) is 0 Å². The number of ether oxygens (including phenoxy) is 1. The summed E-state index contributed by atoms with van der Waals surface area (Å²) < 4.78 is 5.76. The van der Waals surface area contributed by atoms with E-state index < -0.39 is 23.1 Å². The number of Topliss-reactive ketones (excluding diaryl/α,β-unsaturated/α-hetero) is 1. The molecular formula is C26H27N3O5. The number of nitrogens with zero attached hydrogens (tertiary/aromatic N) is 3. The Kier molecular flexibility index (Phi) is 5.02. The number of para-hydroxylation sites is 1. The number of aliphatic hydroxyl groups excluding tert-OH is 1. The SMILES string of the molecule is CC1Cc2cc(C(O)=C3C(=O)C(=O)N(CCN(C)C)C34C(=O)N(C)c3ccccc34)ccc2O1. The molecular weight excluding hydrogens is 434 g/mol. The van der Waals surface area contributed by atoms with Crippen LogP contribution in [0.5, 0.6) is 5.75 Å². The lowest BCUT2D eigenvalue weighted by Crippen LogP contribution is -2.52. The summed E-state index contributed by atoms with van der Waals surface area (Å²) in [5, 5.41) is 11.5. The second-order valence-electron chi connectivity index (χ2n) is 9.36. The van der Waals surface area contributed by atoms with Gasteiger partial charge in [-0.2, -0.15) is 0 Å². The van der Waals surface area contributed by atoms with E-state index in [-0.39, 0.29) is 24.0 Å². The Hall–Kier alpha value is -3.65. The van der Waals surface area contributed by atoms with E-state index in [2.05, 4.69) is 0 Å². The van der Waals surface area contributed by atoms with Crippen LogP contribution in [0.15, 0.2) is 48.0 Å². The summed E-state index contributed by atoms with van der Waals surface area (Å²) in [6, 6.07) is 12.3. The number of likely N-dealkylation sites (N-methyl/N-ethyl adjacent to an activating group) is 2. The molecule has 5 rings (SSSR count). The average Bonchev–Trinajstić information content (AvgIpc) is 3.37. The van der Waals surface area contributed by atoms with Gasteiger partial charge in [0.1, 0.15) is 17.6 Å². The van der Waals surface area contributed by atoms with Gasteiger partial charge in [-0.05, 0) is 50.8 Å². The van der Waals surface area contributed by atoms with Crippen molar-refractivity contribution in [3.63, 3.8) is 0 Å². The maximum Gasteiger partial charge on any atom is 0.296 e. The number of carbonyl (C=O) groups excluding carboxylic acids is 3. The summed E-state index contributed by atoms with van der Waals surface area (Å²) in [4.78, 5) is 45.4. The Morgan fingerprint density at radius 1 is 1.18 bits per heavy atom. The molecule has 2 aromatic rings. The molecule has 0 aromatic heterocycles. The van der Waals surface area contributed by atoms with Crippen LogP contribution in [0, 0.1) is 0 Å². The number of fused-ring (bicyclic) bond motifs is 3. The summed E-state index contributed by atoms with van der Waals surface area (Å²) in [5.41, 5.74) is 0.489. The fourth-order valence-electron chi connectivity index (χ4n) is 5.28. The van der Waals surface area contributed by atoms with Crippen molar-refractivity contribution in [1.82, 2.24) is 9.80 Å². The maximum atomic E-state index is 13.9. The minimum absolute atomic E-state index is 0.0135. The van der Waals surface area contributed by atoms with Crippen LogP contribution < -0.4 is 9.64 Å². The minimum Gasteiger partial charge on any atom is -0.507 e. The number of aliphatic hydroxyl groups is 1. The zero-order valence-corrected chi connectivity index (χ0v) is 19.7. The highest BCUT2D eigenvalue weighted by Gasteiger charge is 2.66. The largest absolute Gasteiger partial charge is 0.507 e. The van der Waals surface area contributed by atoms with Gasteiger partial charge >= 0.3 is 0 Å². The number of anilines is 1. The molecule has 0 bridgehead atoms. The van der Waals surface area contributed by atoms with Gasteiger partial charge in [-0.15, -0.1) is 0 Å². The predicted octanol–water partition coefficient (Wildman–Crippen LogP) is 2.12. The number of hydrogen-bond acceptors (Lipinski definition) is 6. The molecule has 3 aliphatic rings. The highest BCUT2D eigenvalue weighted by molar-refractivity contribution is 6.50. The van der Waals surface area contributed by atoms with Gasteiger partial charge in [0.25, 0.3) is 17.6 Å². The quantitative estimate of drug-likeness (QED) is 0.426. The third-order valence-electron chi connectivity index (χ3n) is 6.88. The topological polar surface area (TPSA) is 90.4 Å². The average molecular weight is 462 g/mol. The van der Waals surface area contributed by atoms with E-state index in [1.165, 1.54) is 9.80 Å². The molecule has 1 fully saturated rings. The molecule has 0 aliphatic carbocycles. The predicted molar refractivity (Wildman–Crippen MR) is 127 cm³/mol. The van der Waals surface area contributed by atoms with Crippen molar-refractivity contribution in [3.05, 3.63) is 64.7 Å². The third-order valence-corrected chi connectivity index (χ3v) is 6.88. The van der Waals surface area contributed by atoms with Crippen molar-refractivity contribution in [1.29, 1.82) is 0 Å². The Balaban J connectivity index is 1.76.